The molecule has 6 nitrogen and oxygen atoms in total. The predicted octanol–water partition coefficient (Wildman–Crippen LogP) is 3.35. The summed E-state index contributed by atoms with van der Waals surface area (Å²) in [5.74, 6) is -0.490. The maximum absolute atomic E-state index is 13.8. The molecule has 0 aromatic heterocycles. The topological polar surface area (TPSA) is 76.7 Å². The van der Waals surface area contributed by atoms with Gasteiger partial charge in [0.25, 0.3) is 5.91 Å². The number of carbonyl (C=O) groups excluding carboxylic acids is 2. The summed E-state index contributed by atoms with van der Waals surface area (Å²) in [6.45, 7) is 0.612. The number of benzene rings is 2. The Balaban J connectivity index is 2.22. The molecule has 2 N–H and O–H groups in total. The first kappa shape index (κ1) is 21.8. The fraction of sp³-hybridized carbons (Fsp3) is 0.182. The molecule has 0 atom stereocenters. The van der Waals surface area contributed by atoms with Crippen molar-refractivity contribution in [2.75, 3.05) is 20.8 Å². The maximum atomic E-state index is 13.8. The Morgan fingerprint density at radius 2 is 1.93 bits per heavy atom. The molecular formula is C22H23FN2O4. The molecule has 29 heavy (non-hydrogen) atoms. The van der Waals surface area contributed by atoms with Crippen LogP contribution < -0.4 is 15.4 Å². The highest BCUT2D eigenvalue weighted by molar-refractivity contribution is 5.98. The second-order valence-electron chi connectivity index (χ2n) is 5.96. The van der Waals surface area contributed by atoms with E-state index in [2.05, 4.69) is 10.6 Å². The van der Waals surface area contributed by atoms with E-state index in [4.69, 9.17) is 9.47 Å². The highest BCUT2D eigenvalue weighted by atomic mass is 19.1. The lowest BCUT2D eigenvalue weighted by atomic mass is 10.1. The van der Waals surface area contributed by atoms with Crippen molar-refractivity contribution in [1.29, 1.82) is 0 Å². The third-order valence-electron chi connectivity index (χ3n) is 3.87. The molecule has 0 radical (unpaired) electrons. The van der Waals surface area contributed by atoms with E-state index in [0.717, 1.165) is 18.1 Å². The van der Waals surface area contributed by atoms with Gasteiger partial charge in [0, 0.05) is 25.9 Å². The van der Waals surface area contributed by atoms with Gasteiger partial charge in [0.1, 0.15) is 23.6 Å². The van der Waals surface area contributed by atoms with E-state index in [0.29, 0.717) is 18.6 Å². The van der Waals surface area contributed by atoms with Gasteiger partial charge in [0.15, 0.2) is 0 Å². The quantitative estimate of drug-likeness (QED) is 0.365. The zero-order valence-electron chi connectivity index (χ0n) is 16.3. The number of nitrogens with one attached hydrogen (secondary N) is 2. The highest BCUT2D eigenvalue weighted by Crippen LogP contribution is 2.27. The van der Waals surface area contributed by atoms with Crippen LogP contribution in [0.2, 0.25) is 0 Å². The van der Waals surface area contributed by atoms with Gasteiger partial charge in [-0.3, -0.25) is 9.59 Å². The van der Waals surface area contributed by atoms with Crippen LogP contribution in [0.4, 0.5) is 4.39 Å². The van der Waals surface area contributed by atoms with Gasteiger partial charge in [-0.15, -0.1) is 0 Å². The minimum Gasteiger partial charge on any atom is -0.457 e. The number of halogens is 1. The van der Waals surface area contributed by atoms with E-state index >= 15 is 0 Å². The van der Waals surface area contributed by atoms with Crippen LogP contribution >= 0.6 is 0 Å². The van der Waals surface area contributed by atoms with E-state index < -0.39 is 11.7 Å². The van der Waals surface area contributed by atoms with E-state index in [1.54, 1.807) is 32.5 Å². The summed E-state index contributed by atoms with van der Waals surface area (Å²) < 4.78 is 24.6. The van der Waals surface area contributed by atoms with Crippen LogP contribution in [0.5, 0.6) is 11.5 Å². The number of carbonyl (C=O) groups is 2. The molecule has 2 aromatic carbocycles. The maximum Gasteiger partial charge on any atom is 0.259 e. The summed E-state index contributed by atoms with van der Waals surface area (Å²) in [6.07, 6.45) is 5.55. The Hall–Kier alpha value is -3.45. The van der Waals surface area contributed by atoms with E-state index in [-0.39, 0.29) is 17.0 Å². The first-order valence-electron chi connectivity index (χ1n) is 8.93. The predicted molar refractivity (Wildman–Crippen MR) is 108 cm³/mol. The highest BCUT2D eigenvalue weighted by Gasteiger charge is 2.15. The van der Waals surface area contributed by atoms with Crippen LogP contribution in [0.15, 0.2) is 66.5 Å². The molecule has 2 rings (SSSR count). The molecular weight excluding hydrogens is 375 g/mol. The van der Waals surface area contributed by atoms with Crippen LogP contribution in [0.25, 0.3) is 0 Å². The average Bonchev–Trinajstić information content (AvgIpc) is 2.72. The first-order valence-corrected chi connectivity index (χ1v) is 8.93. The summed E-state index contributed by atoms with van der Waals surface area (Å²) in [5, 5.41) is 5.32. The van der Waals surface area contributed by atoms with Crippen LogP contribution in [0.3, 0.4) is 0 Å². The minimum atomic E-state index is -0.606. The largest absolute Gasteiger partial charge is 0.457 e. The second-order valence-corrected chi connectivity index (χ2v) is 5.96. The number of rotatable bonds is 10. The second kappa shape index (κ2) is 11.4. The van der Waals surface area contributed by atoms with Crippen molar-refractivity contribution in [3.8, 4) is 11.5 Å². The number of methoxy groups -OCH3 is 1. The number of allylic oxidation sites excluding steroid dienone is 2. The molecule has 0 aliphatic carbocycles. The van der Waals surface area contributed by atoms with Gasteiger partial charge in [-0.1, -0.05) is 12.1 Å². The number of ether oxygens (including phenoxy) is 2. The van der Waals surface area contributed by atoms with Crippen LogP contribution in [0, 0.1) is 5.82 Å². The Labute approximate surface area is 169 Å². The normalized spacial score (nSPS) is 11.3. The first-order chi connectivity index (χ1) is 14.1. The average molecular weight is 398 g/mol. The molecule has 2 aromatic rings. The van der Waals surface area contributed by atoms with Gasteiger partial charge in [-0.2, -0.15) is 0 Å². The molecule has 0 aliphatic heterocycles. The monoisotopic (exact) mass is 398 g/mol. The Kier molecular flexibility index (Phi) is 8.59. The van der Waals surface area contributed by atoms with Crippen molar-refractivity contribution in [2.45, 2.75) is 6.42 Å². The standard InChI is InChI=1S/C22H23FN2O4/c1-24-12-9-18(10-13-26)25-22(27)20-15-17(23)5-8-21(20)29-19-6-3-16(4-7-19)11-14-28-2/h3-10,12-13,15,24H,11,14H2,1-2H3,(H,25,27)/b12-9-,18-10+. The molecule has 152 valence electrons. The molecule has 0 fully saturated rings. The zero-order chi connectivity index (χ0) is 21.1. The van der Waals surface area contributed by atoms with Gasteiger partial charge < -0.3 is 20.1 Å². The third-order valence-corrected chi connectivity index (χ3v) is 3.87. The van der Waals surface area contributed by atoms with E-state index in [1.165, 1.54) is 24.3 Å². The van der Waals surface area contributed by atoms with Crippen LogP contribution in [-0.2, 0) is 16.0 Å². The zero-order valence-corrected chi connectivity index (χ0v) is 16.3. The summed E-state index contributed by atoms with van der Waals surface area (Å²) in [6, 6.07) is 11.0. The fourth-order valence-electron chi connectivity index (χ4n) is 2.42. The van der Waals surface area contributed by atoms with Gasteiger partial charge in [0.05, 0.1) is 12.2 Å². The Morgan fingerprint density at radius 1 is 1.17 bits per heavy atom. The molecule has 7 heteroatoms. The van der Waals surface area contributed by atoms with E-state index in [1.807, 2.05) is 12.1 Å². The van der Waals surface area contributed by atoms with Gasteiger partial charge in [0.2, 0.25) is 0 Å². The van der Waals surface area contributed by atoms with Crippen molar-refractivity contribution in [3.63, 3.8) is 0 Å². The summed E-state index contributed by atoms with van der Waals surface area (Å²) >= 11 is 0. The lowest BCUT2D eigenvalue weighted by Crippen LogP contribution is -2.23. The van der Waals surface area contributed by atoms with Gasteiger partial charge >= 0.3 is 0 Å². The van der Waals surface area contributed by atoms with Gasteiger partial charge in [-0.05, 0) is 54.6 Å². The SMILES string of the molecule is CN/C=C\C(=C/C=O)NC(=O)c1cc(F)ccc1Oc1ccc(CCOC)cc1. The van der Waals surface area contributed by atoms with Crippen molar-refractivity contribution >= 4 is 12.2 Å². The van der Waals surface area contributed by atoms with Crippen LogP contribution in [0.1, 0.15) is 15.9 Å². The fourth-order valence-corrected chi connectivity index (χ4v) is 2.42. The lowest BCUT2D eigenvalue weighted by molar-refractivity contribution is -0.104. The smallest absolute Gasteiger partial charge is 0.259 e. The van der Waals surface area contributed by atoms with Gasteiger partial charge in [-0.25, -0.2) is 4.39 Å². The Morgan fingerprint density at radius 3 is 2.59 bits per heavy atom. The van der Waals surface area contributed by atoms with Crippen molar-refractivity contribution < 1.29 is 23.5 Å². The molecule has 0 heterocycles. The summed E-state index contributed by atoms with van der Waals surface area (Å²) in [4.78, 5) is 23.4. The lowest BCUT2D eigenvalue weighted by Gasteiger charge is -2.12. The number of hydrogen-bond acceptors (Lipinski definition) is 5. The molecule has 0 aliphatic rings. The molecule has 0 bridgehead atoms. The number of aldehydes is 1. The molecule has 0 saturated heterocycles. The third kappa shape index (κ3) is 6.90. The summed E-state index contributed by atoms with van der Waals surface area (Å²) in [7, 11) is 3.32. The summed E-state index contributed by atoms with van der Waals surface area (Å²) in [5.41, 5.74) is 1.33. The number of amides is 1. The molecule has 0 spiro atoms. The van der Waals surface area contributed by atoms with Crippen LogP contribution in [-0.4, -0.2) is 33.0 Å². The molecule has 0 saturated carbocycles. The van der Waals surface area contributed by atoms with E-state index in [9.17, 15) is 14.0 Å². The van der Waals surface area contributed by atoms with Crippen molar-refractivity contribution in [2.24, 2.45) is 0 Å². The molecule has 0 unspecified atom stereocenters. The minimum absolute atomic E-state index is 0.00289. The van der Waals surface area contributed by atoms with Crippen molar-refractivity contribution in [3.05, 3.63) is 83.5 Å². The van der Waals surface area contributed by atoms with Crippen molar-refractivity contribution in [1.82, 2.24) is 10.6 Å². The number of hydrogen-bond donors (Lipinski definition) is 2. The Bertz CT molecular complexity index is 892. The molecule has 1 amide bonds.